The molecule has 3 rings (SSSR count). The van der Waals surface area contributed by atoms with Gasteiger partial charge in [0.1, 0.15) is 5.75 Å². The van der Waals surface area contributed by atoms with Crippen LogP contribution in [-0.4, -0.2) is 46.0 Å². The van der Waals surface area contributed by atoms with Crippen LogP contribution < -0.4 is 9.64 Å². The minimum absolute atomic E-state index is 0.163. The van der Waals surface area contributed by atoms with E-state index in [1.165, 1.54) is 29.6 Å². The number of rotatable bonds is 4. The van der Waals surface area contributed by atoms with Crippen LogP contribution >= 0.6 is 0 Å². The Labute approximate surface area is 156 Å². The number of piperazine rings is 1. The van der Waals surface area contributed by atoms with Crippen LogP contribution in [0, 0.1) is 0 Å². The summed E-state index contributed by atoms with van der Waals surface area (Å²) in [5, 5.41) is 0. The Balaban J connectivity index is 1.71. The molecule has 0 atom stereocenters. The van der Waals surface area contributed by atoms with Crippen molar-refractivity contribution in [1.29, 1.82) is 0 Å². The summed E-state index contributed by atoms with van der Waals surface area (Å²) in [6, 6.07) is 11.2. The molecule has 0 aromatic heterocycles. The monoisotopic (exact) mass is 400 g/mol. The van der Waals surface area contributed by atoms with Gasteiger partial charge >= 0.3 is 6.18 Å². The van der Waals surface area contributed by atoms with Crippen molar-refractivity contribution >= 4 is 15.7 Å². The summed E-state index contributed by atoms with van der Waals surface area (Å²) in [5.74, 6) is 0.559. The molecule has 9 heteroatoms. The summed E-state index contributed by atoms with van der Waals surface area (Å²) in [6.07, 6.45) is -4.41. The predicted molar refractivity (Wildman–Crippen MR) is 95.4 cm³/mol. The van der Waals surface area contributed by atoms with Crippen LogP contribution in [0.5, 0.6) is 5.75 Å². The first-order valence-electron chi connectivity index (χ1n) is 8.28. The first-order valence-corrected chi connectivity index (χ1v) is 9.72. The quantitative estimate of drug-likeness (QED) is 0.791. The number of benzene rings is 2. The summed E-state index contributed by atoms with van der Waals surface area (Å²) in [4.78, 5) is 1.92. The molecular formula is C18H19F3N2O3S. The SMILES string of the molecule is COc1ccc(S(=O)(=O)N2CCN(c3cccc(C(F)(F)F)c3)CC2)cc1. The second-order valence-electron chi connectivity index (χ2n) is 6.11. The molecule has 0 spiro atoms. The van der Waals surface area contributed by atoms with Crippen LogP contribution in [0.1, 0.15) is 5.56 Å². The molecule has 5 nitrogen and oxygen atoms in total. The number of ether oxygens (including phenoxy) is 1. The fourth-order valence-electron chi connectivity index (χ4n) is 2.96. The molecule has 0 N–H and O–H groups in total. The molecule has 0 radical (unpaired) electrons. The minimum atomic E-state index is -4.41. The molecule has 1 fully saturated rings. The molecule has 1 heterocycles. The lowest BCUT2D eigenvalue weighted by atomic mass is 10.1. The first-order chi connectivity index (χ1) is 12.7. The molecular weight excluding hydrogens is 381 g/mol. The second-order valence-corrected chi connectivity index (χ2v) is 8.05. The Morgan fingerprint density at radius 2 is 1.59 bits per heavy atom. The van der Waals surface area contributed by atoms with Crippen LogP contribution in [0.15, 0.2) is 53.4 Å². The molecule has 1 aliphatic rings. The molecule has 0 saturated carbocycles. The Kier molecular flexibility index (Phi) is 5.34. The van der Waals surface area contributed by atoms with Crippen LogP contribution in [0.3, 0.4) is 0 Å². The summed E-state index contributed by atoms with van der Waals surface area (Å²) in [7, 11) is -2.16. The highest BCUT2D eigenvalue weighted by atomic mass is 32.2. The molecule has 146 valence electrons. The Hall–Kier alpha value is -2.26. The van der Waals surface area contributed by atoms with E-state index in [1.54, 1.807) is 23.1 Å². The molecule has 27 heavy (non-hydrogen) atoms. The van der Waals surface area contributed by atoms with Gasteiger partial charge in [-0.3, -0.25) is 0 Å². The molecule has 1 saturated heterocycles. The van der Waals surface area contributed by atoms with Crippen LogP contribution in [-0.2, 0) is 16.2 Å². The number of sulfonamides is 1. The standard InChI is InChI=1S/C18H19F3N2O3S/c1-26-16-5-7-17(8-6-16)27(24,25)23-11-9-22(10-12-23)15-4-2-3-14(13-15)18(19,20)21/h2-8,13H,9-12H2,1H3. The number of halogens is 3. The molecule has 1 aliphatic heterocycles. The van der Waals surface area contributed by atoms with Crippen molar-refractivity contribution in [3.63, 3.8) is 0 Å². The highest BCUT2D eigenvalue weighted by Crippen LogP contribution is 2.32. The third-order valence-electron chi connectivity index (χ3n) is 4.47. The average Bonchev–Trinajstić information content (AvgIpc) is 2.67. The third kappa shape index (κ3) is 4.19. The third-order valence-corrected chi connectivity index (χ3v) is 6.39. The number of hydrogen-bond acceptors (Lipinski definition) is 4. The average molecular weight is 400 g/mol. The van der Waals surface area contributed by atoms with Gasteiger partial charge in [0, 0.05) is 31.9 Å². The van der Waals surface area contributed by atoms with E-state index >= 15 is 0 Å². The number of alkyl halides is 3. The van der Waals surface area contributed by atoms with Crippen LogP contribution in [0.25, 0.3) is 0 Å². The van der Waals surface area contributed by atoms with Gasteiger partial charge in [0.05, 0.1) is 17.6 Å². The van der Waals surface area contributed by atoms with Crippen LogP contribution in [0.2, 0.25) is 0 Å². The Morgan fingerprint density at radius 3 is 2.15 bits per heavy atom. The molecule has 0 unspecified atom stereocenters. The zero-order valence-electron chi connectivity index (χ0n) is 14.6. The normalized spacial score (nSPS) is 16.4. The lowest BCUT2D eigenvalue weighted by molar-refractivity contribution is -0.137. The van der Waals surface area contributed by atoms with Crippen molar-refractivity contribution in [1.82, 2.24) is 4.31 Å². The summed E-state index contributed by atoms with van der Waals surface area (Å²) < 4.78 is 70.5. The van der Waals surface area contributed by atoms with E-state index in [-0.39, 0.29) is 18.0 Å². The van der Waals surface area contributed by atoms with Gasteiger partial charge in [-0.25, -0.2) is 8.42 Å². The second kappa shape index (κ2) is 7.40. The van der Waals surface area contributed by atoms with E-state index in [1.807, 2.05) is 0 Å². The van der Waals surface area contributed by atoms with Gasteiger partial charge in [0.25, 0.3) is 0 Å². The summed E-state index contributed by atoms with van der Waals surface area (Å²) in [6.45, 7) is 1.03. The van der Waals surface area contributed by atoms with Crippen molar-refractivity contribution in [2.45, 2.75) is 11.1 Å². The molecule has 0 aliphatic carbocycles. The van der Waals surface area contributed by atoms with E-state index in [0.717, 1.165) is 12.1 Å². The predicted octanol–water partition coefficient (Wildman–Crippen LogP) is 3.22. The molecule has 0 amide bonds. The zero-order chi connectivity index (χ0) is 19.7. The topological polar surface area (TPSA) is 49.9 Å². The minimum Gasteiger partial charge on any atom is -0.497 e. The number of hydrogen-bond donors (Lipinski definition) is 0. The van der Waals surface area contributed by atoms with Crippen molar-refractivity contribution in [2.24, 2.45) is 0 Å². The highest BCUT2D eigenvalue weighted by molar-refractivity contribution is 7.89. The first kappa shape index (κ1) is 19.5. The molecule has 2 aromatic carbocycles. The molecule has 0 bridgehead atoms. The van der Waals surface area contributed by atoms with E-state index in [0.29, 0.717) is 24.5 Å². The van der Waals surface area contributed by atoms with E-state index < -0.39 is 21.8 Å². The van der Waals surface area contributed by atoms with Crippen molar-refractivity contribution in [3.8, 4) is 5.75 Å². The maximum atomic E-state index is 12.9. The number of methoxy groups -OCH3 is 1. The van der Waals surface area contributed by atoms with E-state index in [9.17, 15) is 21.6 Å². The lowest BCUT2D eigenvalue weighted by Crippen LogP contribution is -2.48. The summed E-state index contributed by atoms with van der Waals surface area (Å²) in [5.41, 5.74) is -0.278. The van der Waals surface area contributed by atoms with Crippen LogP contribution in [0.4, 0.5) is 18.9 Å². The van der Waals surface area contributed by atoms with E-state index in [2.05, 4.69) is 0 Å². The van der Waals surface area contributed by atoms with Gasteiger partial charge in [-0.1, -0.05) is 6.07 Å². The van der Waals surface area contributed by atoms with Gasteiger partial charge in [-0.05, 0) is 42.5 Å². The van der Waals surface area contributed by atoms with Gasteiger partial charge in [-0.2, -0.15) is 17.5 Å². The van der Waals surface area contributed by atoms with Crippen molar-refractivity contribution < 1.29 is 26.3 Å². The fraction of sp³-hybridized carbons (Fsp3) is 0.333. The van der Waals surface area contributed by atoms with Gasteiger partial charge in [-0.15, -0.1) is 0 Å². The maximum Gasteiger partial charge on any atom is 0.416 e. The lowest BCUT2D eigenvalue weighted by Gasteiger charge is -2.35. The van der Waals surface area contributed by atoms with Crippen molar-refractivity contribution in [3.05, 3.63) is 54.1 Å². The van der Waals surface area contributed by atoms with E-state index in [4.69, 9.17) is 4.74 Å². The maximum absolute atomic E-state index is 12.9. The van der Waals surface area contributed by atoms with Gasteiger partial charge in [0.2, 0.25) is 10.0 Å². The molecule has 2 aromatic rings. The Bertz CT molecular complexity index is 891. The zero-order valence-corrected chi connectivity index (χ0v) is 15.4. The van der Waals surface area contributed by atoms with Crippen molar-refractivity contribution in [2.75, 3.05) is 38.2 Å². The summed E-state index contributed by atoms with van der Waals surface area (Å²) >= 11 is 0. The highest BCUT2D eigenvalue weighted by Gasteiger charge is 2.32. The van der Waals surface area contributed by atoms with Gasteiger partial charge < -0.3 is 9.64 Å². The number of nitrogens with zero attached hydrogens (tertiary/aromatic N) is 2. The smallest absolute Gasteiger partial charge is 0.416 e. The fourth-order valence-corrected chi connectivity index (χ4v) is 4.38. The van der Waals surface area contributed by atoms with Gasteiger partial charge in [0.15, 0.2) is 0 Å². The number of anilines is 1. The largest absolute Gasteiger partial charge is 0.497 e. The Morgan fingerprint density at radius 1 is 0.963 bits per heavy atom.